The van der Waals surface area contributed by atoms with Crippen molar-refractivity contribution in [3.63, 3.8) is 0 Å². The second-order valence-electron chi connectivity index (χ2n) is 4.07. The third kappa shape index (κ3) is 2.19. The van der Waals surface area contributed by atoms with Gasteiger partial charge in [-0.25, -0.2) is 4.98 Å². The highest BCUT2D eigenvalue weighted by atomic mass is 35.5. The number of rotatable bonds is 2. The molecule has 0 aliphatic heterocycles. The summed E-state index contributed by atoms with van der Waals surface area (Å²) in [4.78, 5) is 4.54. The fraction of sp³-hybridized carbons (Fsp3) is 0.0714. The Morgan fingerprint density at radius 2 is 2.00 bits per heavy atom. The number of aryl methyl sites for hydroxylation is 1. The van der Waals surface area contributed by atoms with Gasteiger partial charge in [0.2, 0.25) is 0 Å². The SMILES string of the molecule is Cc1ccccc1Nc1nc2ccc(Cl)cc2s1. The Kier molecular flexibility index (Phi) is 2.94. The molecule has 0 bridgehead atoms. The minimum Gasteiger partial charge on any atom is -0.331 e. The van der Waals surface area contributed by atoms with Crippen LogP contribution >= 0.6 is 22.9 Å². The van der Waals surface area contributed by atoms with Gasteiger partial charge in [-0.3, -0.25) is 0 Å². The first-order chi connectivity index (χ1) is 8.72. The lowest BCUT2D eigenvalue weighted by Gasteiger charge is -2.04. The number of halogens is 1. The molecule has 0 amide bonds. The molecular formula is C14H11ClN2S. The van der Waals surface area contributed by atoms with Gasteiger partial charge >= 0.3 is 0 Å². The van der Waals surface area contributed by atoms with Gasteiger partial charge in [-0.2, -0.15) is 0 Å². The number of thiazole rings is 1. The van der Waals surface area contributed by atoms with Crippen LogP contribution in [0.4, 0.5) is 10.8 Å². The molecule has 1 heterocycles. The second-order valence-corrected chi connectivity index (χ2v) is 5.54. The molecule has 1 N–H and O–H groups in total. The molecule has 4 heteroatoms. The molecule has 0 atom stereocenters. The summed E-state index contributed by atoms with van der Waals surface area (Å²) in [5, 5.41) is 4.98. The van der Waals surface area contributed by atoms with Crippen molar-refractivity contribution >= 4 is 44.0 Å². The molecule has 0 fully saturated rings. The monoisotopic (exact) mass is 274 g/mol. The van der Waals surface area contributed by atoms with Crippen molar-refractivity contribution in [3.05, 3.63) is 53.1 Å². The van der Waals surface area contributed by atoms with Gasteiger partial charge in [-0.15, -0.1) is 0 Å². The number of aromatic nitrogens is 1. The van der Waals surface area contributed by atoms with Gasteiger partial charge in [-0.05, 0) is 36.8 Å². The van der Waals surface area contributed by atoms with Crippen LogP contribution in [0.5, 0.6) is 0 Å². The van der Waals surface area contributed by atoms with E-state index in [1.807, 2.05) is 36.4 Å². The highest BCUT2D eigenvalue weighted by molar-refractivity contribution is 7.22. The van der Waals surface area contributed by atoms with Gasteiger partial charge in [-0.1, -0.05) is 41.1 Å². The predicted molar refractivity (Wildman–Crippen MR) is 79.1 cm³/mol. The van der Waals surface area contributed by atoms with E-state index in [1.54, 1.807) is 11.3 Å². The number of hydrogen-bond acceptors (Lipinski definition) is 3. The summed E-state index contributed by atoms with van der Waals surface area (Å²) in [6.07, 6.45) is 0. The zero-order valence-electron chi connectivity index (χ0n) is 9.77. The maximum Gasteiger partial charge on any atom is 0.188 e. The van der Waals surface area contributed by atoms with Crippen molar-refractivity contribution < 1.29 is 0 Å². The van der Waals surface area contributed by atoms with E-state index < -0.39 is 0 Å². The summed E-state index contributed by atoms with van der Waals surface area (Å²) in [6, 6.07) is 13.9. The highest BCUT2D eigenvalue weighted by Crippen LogP contribution is 2.30. The molecule has 3 aromatic rings. The van der Waals surface area contributed by atoms with Crippen molar-refractivity contribution in [2.24, 2.45) is 0 Å². The Morgan fingerprint density at radius 1 is 1.17 bits per heavy atom. The summed E-state index contributed by atoms with van der Waals surface area (Å²) in [6.45, 7) is 2.08. The molecule has 90 valence electrons. The Balaban J connectivity index is 1.98. The molecular weight excluding hydrogens is 264 g/mol. The van der Waals surface area contributed by atoms with E-state index in [1.165, 1.54) is 5.56 Å². The number of anilines is 2. The first-order valence-electron chi connectivity index (χ1n) is 5.61. The fourth-order valence-corrected chi connectivity index (χ4v) is 2.93. The van der Waals surface area contributed by atoms with E-state index in [9.17, 15) is 0 Å². The summed E-state index contributed by atoms with van der Waals surface area (Å²) in [5.74, 6) is 0. The third-order valence-corrected chi connectivity index (χ3v) is 3.91. The van der Waals surface area contributed by atoms with Crippen molar-refractivity contribution in [1.82, 2.24) is 4.98 Å². The van der Waals surface area contributed by atoms with Crippen LogP contribution in [-0.2, 0) is 0 Å². The van der Waals surface area contributed by atoms with Gasteiger partial charge in [0.05, 0.1) is 10.2 Å². The molecule has 0 saturated carbocycles. The summed E-state index contributed by atoms with van der Waals surface area (Å²) in [5.41, 5.74) is 3.26. The van der Waals surface area contributed by atoms with Gasteiger partial charge in [0.15, 0.2) is 5.13 Å². The average Bonchev–Trinajstić information content (AvgIpc) is 2.73. The number of fused-ring (bicyclic) bond motifs is 1. The smallest absolute Gasteiger partial charge is 0.188 e. The van der Waals surface area contributed by atoms with Gasteiger partial charge < -0.3 is 5.32 Å². The Labute approximate surface area is 114 Å². The Bertz CT molecular complexity index is 706. The van der Waals surface area contributed by atoms with Crippen LogP contribution < -0.4 is 5.32 Å². The van der Waals surface area contributed by atoms with Gasteiger partial charge in [0.25, 0.3) is 0 Å². The molecule has 0 saturated heterocycles. The molecule has 0 aliphatic carbocycles. The van der Waals surface area contributed by atoms with E-state index in [0.29, 0.717) is 0 Å². The minimum atomic E-state index is 0.744. The third-order valence-electron chi connectivity index (χ3n) is 2.74. The topological polar surface area (TPSA) is 24.9 Å². The predicted octanol–water partition coefficient (Wildman–Crippen LogP) is 5.00. The molecule has 0 radical (unpaired) electrons. The van der Waals surface area contributed by atoms with E-state index >= 15 is 0 Å². The maximum atomic E-state index is 5.97. The molecule has 1 aromatic heterocycles. The summed E-state index contributed by atoms with van der Waals surface area (Å²) < 4.78 is 1.10. The number of nitrogens with zero attached hydrogens (tertiary/aromatic N) is 1. The van der Waals surface area contributed by atoms with Crippen LogP contribution in [0, 0.1) is 6.92 Å². The number of benzene rings is 2. The maximum absolute atomic E-state index is 5.97. The number of nitrogens with one attached hydrogen (secondary N) is 1. The van der Waals surface area contributed by atoms with Crippen LogP contribution in [0.3, 0.4) is 0 Å². The summed E-state index contributed by atoms with van der Waals surface area (Å²) >= 11 is 7.58. The number of para-hydroxylation sites is 1. The lowest BCUT2D eigenvalue weighted by atomic mass is 10.2. The summed E-state index contributed by atoms with van der Waals surface area (Å²) in [7, 11) is 0. The average molecular weight is 275 g/mol. The molecule has 3 rings (SSSR count). The van der Waals surface area contributed by atoms with E-state index in [4.69, 9.17) is 11.6 Å². The van der Waals surface area contributed by atoms with Gasteiger partial charge in [0.1, 0.15) is 0 Å². The van der Waals surface area contributed by atoms with Crippen molar-refractivity contribution in [2.45, 2.75) is 6.92 Å². The largest absolute Gasteiger partial charge is 0.331 e. The molecule has 0 spiro atoms. The minimum absolute atomic E-state index is 0.744. The normalized spacial score (nSPS) is 10.8. The van der Waals surface area contributed by atoms with Crippen LogP contribution in [0.15, 0.2) is 42.5 Å². The van der Waals surface area contributed by atoms with Crippen LogP contribution in [0.1, 0.15) is 5.56 Å². The van der Waals surface area contributed by atoms with Crippen molar-refractivity contribution in [2.75, 3.05) is 5.32 Å². The van der Waals surface area contributed by atoms with Crippen LogP contribution in [0.2, 0.25) is 5.02 Å². The first kappa shape index (κ1) is 11.5. The molecule has 2 nitrogen and oxygen atoms in total. The lowest BCUT2D eigenvalue weighted by Crippen LogP contribution is -1.91. The quantitative estimate of drug-likeness (QED) is 0.711. The fourth-order valence-electron chi connectivity index (χ4n) is 1.78. The zero-order valence-corrected chi connectivity index (χ0v) is 11.3. The lowest BCUT2D eigenvalue weighted by molar-refractivity contribution is 1.40. The number of hydrogen-bond donors (Lipinski definition) is 1. The van der Waals surface area contributed by atoms with E-state index in [0.717, 1.165) is 26.1 Å². The Morgan fingerprint density at radius 3 is 2.83 bits per heavy atom. The van der Waals surface area contributed by atoms with Crippen LogP contribution in [0.25, 0.3) is 10.2 Å². The first-order valence-corrected chi connectivity index (χ1v) is 6.80. The molecule has 0 aliphatic rings. The van der Waals surface area contributed by atoms with E-state index in [2.05, 4.69) is 23.3 Å². The van der Waals surface area contributed by atoms with E-state index in [-0.39, 0.29) is 0 Å². The van der Waals surface area contributed by atoms with Crippen LogP contribution in [-0.4, -0.2) is 4.98 Å². The molecule has 18 heavy (non-hydrogen) atoms. The molecule has 2 aromatic carbocycles. The molecule has 0 unspecified atom stereocenters. The standard InChI is InChI=1S/C14H11ClN2S/c1-9-4-2-3-5-11(9)16-14-17-12-7-6-10(15)8-13(12)18-14/h2-8H,1H3,(H,16,17). The van der Waals surface area contributed by atoms with Gasteiger partial charge in [0, 0.05) is 10.7 Å². The van der Waals surface area contributed by atoms with Crippen molar-refractivity contribution in [1.29, 1.82) is 0 Å². The Hall–Kier alpha value is -1.58. The second kappa shape index (κ2) is 4.59. The van der Waals surface area contributed by atoms with Crippen molar-refractivity contribution in [3.8, 4) is 0 Å². The highest BCUT2D eigenvalue weighted by Gasteiger charge is 2.05. The zero-order chi connectivity index (χ0) is 12.5.